The Bertz CT molecular complexity index is 560. The summed E-state index contributed by atoms with van der Waals surface area (Å²) in [5, 5.41) is 6.29. The zero-order valence-electron chi connectivity index (χ0n) is 11.8. The molecule has 0 aliphatic carbocycles. The summed E-state index contributed by atoms with van der Waals surface area (Å²) in [6, 6.07) is 1.06. The Morgan fingerprint density at radius 1 is 1.25 bits per heavy atom. The number of urea groups is 1. The molecule has 4 amide bonds. The molecule has 1 fully saturated rings. The van der Waals surface area contributed by atoms with Crippen molar-refractivity contribution in [2.24, 2.45) is 12.5 Å². The second kappa shape index (κ2) is 5.07. The summed E-state index contributed by atoms with van der Waals surface area (Å²) in [6.45, 7) is 3.66. The Morgan fingerprint density at radius 3 is 2.40 bits per heavy atom. The van der Waals surface area contributed by atoms with Crippen LogP contribution >= 0.6 is 0 Å². The van der Waals surface area contributed by atoms with Crippen LogP contribution in [-0.4, -0.2) is 32.5 Å². The number of nitrogens with zero attached hydrogens (tertiary/aromatic N) is 3. The predicted molar refractivity (Wildman–Crippen MR) is 70.3 cm³/mol. The number of amides is 4. The van der Waals surface area contributed by atoms with E-state index in [0.717, 1.165) is 10.6 Å². The van der Waals surface area contributed by atoms with Gasteiger partial charge in [0.25, 0.3) is 0 Å². The Hall–Kier alpha value is -2.18. The lowest BCUT2D eigenvalue weighted by Crippen LogP contribution is -2.63. The third-order valence-corrected chi connectivity index (χ3v) is 4.00. The molecule has 2 rings (SSSR count). The highest BCUT2D eigenvalue weighted by Crippen LogP contribution is 2.32. The number of hydrogen-bond donors (Lipinski definition) is 1. The standard InChI is InChI=1S/C13H18N4O3/c1-4-13(5-2)10(18)15-12(20)17(11(13)19)8-9-6-7-14-16(9)3/h6-7H,4-5,8H2,1-3H3,(H,15,18,20). The SMILES string of the molecule is CCC1(CC)C(=O)NC(=O)N(Cc2ccnn2C)C1=O. The lowest BCUT2D eigenvalue weighted by molar-refractivity contribution is -0.152. The molecule has 1 saturated heterocycles. The van der Waals surface area contributed by atoms with Crippen molar-refractivity contribution in [3.63, 3.8) is 0 Å². The van der Waals surface area contributed by atoms with Crippen LogP contribution in [0.25, 0.3) is 0 Å². The topological polar surface area (TPSA) is 84.3 Å². The normalized spacial score (nSPS) is 18.4. The van der Waals surface area contributed by atoms with Gasteiger partial charge in [-0.3, -0.25) is 24.5 Å². The molecule has 7 heteroatoms. The van der Waals surface area contributed by atoms with Gasteiger partial charge >= 0.3 is 6.03 Å². The smallest absolute Gasteiger partial charge is 0.277 e. The summed E-state index contributed by atoms with van der Waals surface area (Å²) in [4.78, 5) is 37.6. The summed E-state index contributed by atoms with van der Waals surface area (Å²) in [5.41, 5.74) is -0.420. The van der Waals surface area contributed by atoms with E-state index < -0.39 is 23.3 Å². The summed E-state index contributed by atoms with van der Waals surface area (Å²) >= 11 is 0. The number of rotatable bonds is 4. The van der Waals surface area contributed by atoms with E-state index in [0.29, 0.717) is 12.8 Å². The molecule has 2 heterocycles. The molecule has 1 N–H and O–H groups in total. The van der Waals surface area contributed by atoms with E-state index in [1.807, 2.05) is 0 Å². The highest BCUT2D eigenvalue weighted by atomic mass is 16.2. The maximum absolute atomic E-state index is 12.6. The Morgan fingerprint density at radius 2 is 1.90 bits per heavy atom. The highest BCUT2D eigenvalue weighted by Gasteiger charge is 2.51. The minimum atomic E-state index is -1.15. The van der Waals surface area contributed by atoms with E-state index in [2.05, 4.69) is 10.4 Å². The van der Waals surface area contributed by atoms with Crippen molar-refractivity contribution in [2.75, 3.05) is 0 Å². The van der Waals surface area contributed by atoms with Crippen molar-refractivity contribution in [3.05, 3.63) is 18.0 Å². The van der Waals surface area contributed by atoms with Crippen LogP contribution in [0, 0.1) is 5.41 Å². The highest BCUT2D eigenvalue weighted by molar-refractivity contribution is 6.19. The summed E-state index contributed by atoms with van der Waals surface area (Å²) in [6.07, 6.45) is 2.33. The minimum Gasteiger partial charge on any atom is -0.277 e. The number of hydrogen-bond acceptors (Lipinski definition) is 4. The average molecular weight is 278 g/mol. The predicted octanol–water partition coefficient (Wildman–Crippen LogP) is 0.805. The second-order valence-electron chi connectivity index (χ2n) is 4.89. The van der Waals surface area contributed by atoms with Gasteiger partial charge in [0.15, 0.2) is 0 Å². The molecule has 0 spiro atoms. The van der Waals surface area contributed by atoms with Crippen molar-refractivity contribution in [1.82, 2.24) is 20.0 Å². The molecule has 0 bridgehead atoms. The van der Waals surface area contributed by atoms with Gasteiger partial charge in [-0.1, -0.05) is 13.8 Å². The molecule has 108 valence electrons. The van der Waals surface area contributed by atoms with E-state index in [4.69, 9.17) is 0 Å². The maximum Gasteiger partial charge on any atom is 0.331 e. The number of nitrogens with one attached hydrogen (secondary N) is 1. The number of aromatic nitrogens is 2. The van der Waals surface area contributed by atoms with E-state index >= 15 is 0 Å². The van der Waals surface area contributed by atoms with Crippen LogP contribution in [0.2, 0.25) is 0 Å². The van der Waals surface area contributed by atoms with Crippen LogP contribution in [0.5, 0.6) is 0 Å². The summed E-state index contributed by atoms with van der Waals surface area (Å²) in [7, 11) is 1.74. The van der Waals surface area contributed by atoms with Crippen LogP contribution < -0.4 is 5.32 Å². The van der Waals surface area contributed by atoms with Crippen molar-refractivity contribution in [1.29, 1.82) is 0 Å². The summed E-state index contributed by atoms with van der Waals surface area (Å²) in [5.74, 6) is -0.934. The molecule has 0 radical (unpaired) electrons. The third-order valence-electron chi connectivity index (χ3n) is 4.00. The zero-order chi connectivity index (χ0) is 14.9. The number of carbonyl (C=O) groups excluding carboxylic acids is 3. The van der Waals surface area contributed by atoms with Gasteiger partial charge in [-0.15, -0.1) is 0 Å². The van der Waals surface area contributed by atoms with Crippen LogP contribution in [0.1, 0.15) is 32.4 Å². The third kappa shape index (κ3) is 1.99. The van der Waals surface area contributed by atoms with Gasteiger partial charge in [0.05, 0.1) is 12.2 Å². The number of carbonyl (C=O) groups is 3. The molecule has 1 aromatic rings. The molecular weight excluding hydrogens is 260 g/mol. The van der Waals surface area contributed by atoms with E-state index in [-0.39, 0.29) is 6.54 Å². The Kier molecular flexibility index (Phi) is 3.61. The number of imide groups is 2. The molecular formula is C13H18N4O3. The van der Waals surface area contributed by atoms with Crippen LogP contribution in [0.3, 0.4) is 0 Å². The van der Waals surface area contributed by atoms with E-state index in [9.17, 15) is 14.4 Å². The van der Waals surface area contributed by atoms with Crippen LogP contribution in [-0.2, 0) is 23.2 Å². The van der Waals surface area contributed by atoms with Gasteiger partial charge in [-0.05, 0) is 18.9 Å². The minimum absolute atomic E-state index is 0.107. The quantitative estimate of drug-likeness (QED) is 0.826. The van der Waals surface area contributed by atoms with Gasteiger partial charge in [-0.2, -0.15) is 5.10 Å². The van der Waals surface area contributed by atoms with Gasteiger partial charge < -0.3 is 0 Å². The molecule has 20 heavy (non-hydrogen) atoms. The van der Waals surface area contributed by atoms with Crippen molar-refractivity contribution in [3.8, 4) is 0 Å². The van der Waals surface area contributed by atoms with Gasteiger partial charge in [0.2, 0.25) is 11.8 Å². The van der Waals surface area contributed by atoms with E-state index in [1.54, 1.807) is 37.8 Å². The fraction of sp³-hybridized carbons (Fsp3) is 0.538. The second-order valence-corrected chi connectivity index (χ2v) is 4.89. The van der Waals surface area contributed by atoms with Crippen molar-refractivity contribution >= 4 is 17.8 Å². The average Bonchev–Trinajstić information content (AvgIpc) is 2.81. The first-order valence-corrected chi connectivity index (χ1v) is 6.60. The molecule has 1 aliphatic rings. The maximum atomic E-state index is 12.6. The van der Waals surface area contributed by atoms with Gasteiger partial charge in [-0.25, -0.2) is 4.79 Å². The molecule has 0 aromatic carbocycles. The first kappa shape index (κ1) is 14.2. The van der Waals surface area contributed by atoms with E-state index in [1.165, 1.54) is 0 Å². The van der Waals surface area contributed by atoms with Crippen LogP contribution in [0.4, 0.5) is 4.79 Å². The Balaban J connectivity index is 2.33. The fourth-order valence-corrected chi connectivity index (χ4v) is 2.47. The molecule has 0 atom stereocenters. The lowest BCUT2D eigenvalue weighted by Gasteiger charge is -2.38. The molecule has 0 saturated carbocycles. The van der Waals surface area contributed by atoms with Crippen LogP contribution in [0.15, 0.2) is 12.3 Å². The molecule has 7 nitrogen and oxygen atoms in total. The first-order valence-electron chi connectivity index (χ1n) is 6.60. The Labute approximate surface area is 116 Å². The molecule has 1 aliphatic heterocycles. The fourth-order valence-electron chi connectivity index (χ4n) is 2.47. The zero-order valence-corrected chi connectivity index (χ0v) is 11.8. The molecule has 1 aromatic heterocycles. The number of barbiturate groups is 1. The monoisotopic (exact) mass is 278 g/mol. The van der Waals surface area contributed by atoms with Crippen molar-refractivity contribution < 1.29 is 14.4 Å². The first-order chi connectivity index (χ1) is 9.46. The molecule has 0 unspecified atom stereocenters. The van der Waals surface area contributed by atoms with Gasteiger partial charge in [0.1, 0.15) is 5.41 Å². The largest absolute Gasteiger partial charge is 0.331 e. The van der Waals surface area contributed by atoms with Crippen molar-refractivity contribution in [2.45, 2.75) is 33.2 Å². The summed E-state index contributed by atoms with van der Waals surface area (Å²) < 4.78 is 1.59. The lowest BCUT2D eigenvalue weighted by atomic mass is 9.78. The van der Waals surface area contributed by atoms with Gasteiger partial charge in [0, 0.05) is 13.2 Å². The number of aryl methyl sites for hydroxylation is 1.